The van der Waals surface area contributed by atoms with Crippen molar-refractivity contribution in [3.63, 3.8) is 0 Å². The Kier molecular flexibility index (Phi) is 5.34. The second-order valence-electron chi connectivity index (χ2n) is 4.85. The van der Waals surface area contributed by atoms with Crippen LogP contribution < -0.4 is 5.32 Å². The van der Waals surface area contributed by atoms with Crippen LogP contribution in [0.15, 0.2) is 4.52 Å². The van der Waals surface area contributed by atoms with Crippen LogP contribution in [-0.4, -0.2) is 40.8 Å². The van der Waals surface area contributed by atoms with Gasteiger partial charge in [-0.25, -0.2) is 4.79 Å². The Balaban J connectivity index is 1.80. The van der Waals surface area contributed by atoms with Gasteiger partial charge in [0.15, 0.2) is 5.82 Å². The molecule has 0 aromatic carbocycles. The molecule has 0 spiro atoms. The fraction of sp³-hybridized carbons (Fsp3) is 0.769. The predicted octanol–water partition coefficient (Wildman–Crippen LogP) is 1.86. The maximum absolute atomic E-state index is 11.9. The summed E-state index contributed by atoms with van der Waals surface area (Å²) in [5.74, 6) is 0.908. The third-order valence-electron chi connectivity index (χ3n) is 3.30. The molecule has 0 saturated carbocycles. The Bertz CT molecular complexity index is 429. The van der Waals surface area contributed by atoms with E-state index in [1.54, 1.807) is 0 Å². The lowest BCUT2D eigenvalue weighted by atomic mass is 10.1. The number of carbonyl (C=O) groups excluding carboxylic acids is 1. The highest BCUT2D eigenvalue weighted by atomic mass is 16.5. The highest BCUT2D eigenvalue weighted by Crippen LogP contribution is 2.13. The van der Waals surface area contributed by atoms with Gasteiger partial charge < -0.3 is 19.5 Å². The van der Waals surface area contributed by atoms with Gasteiger partial charge >= 0.3 is 6.03 Å². The average Bonchev–Trinajstić information content (AvgIpc) is 2.95. The molecule has 1 aromatic rings. The number of carbonyl (C=O) groups is 1. The first-order valence-electron chi connectivity index (χ1n) is 7.17. The van der Waals surface area contributed by atoms with Crippen LogP contribution in [0.3, 0.4) is 0 Å². The molecule has 0 radical (unpaired) electrons. The third-order valence-corrected chi connectivity index (χ3v) is 3.30. The molecular weight excluding hydrogens is 260 g/mol. The van der Waals surface area contributed by atoms with Gasteiger partial charge in [0.2, 0.25) is 5.89 Å². The minimum absolute atomic E-state index is 0.0673. The van der Waals surface area contributed by atoms with E-state index in [9.17, 15) is 4.79 Å². The highest BCUT2D eigenvalue weighted by molar-refractivity contribution is 5.74. The van der Waals surface area contributed by atoms with Gasteiger partial charge in [-0.2, -0.15) is 4.98 Å². The largest absolute Gasteiger partial charge is 0.371 e. The smallest absolute Gasteiger partial charge is 0.317 e. The number of nitrogens with one attached hydrogen (secondary N) is 1. The normalized spacial score (nSPS) is 17.0. The summed E-state index contributed by atoms with van der Waals surface area (Å²) in [4.78, 5) is 17.9. The summed E-state index contributed by atoms with van der Waals surface area (Å²) in [6, 6.07) is -0.0673. The Hall–Kier alpha value is -1.63. The maximum atomic E-state index is 11.9. The molecule has 7 heteroatoms. The monoisotopic (exact) mass is 282 g/mol. The second kappa shape index (κ2) is 7.23. The van der Waals surface area contributed by atoms with Gasteiger partial charge in [0.05, 0.1) is 6.54 Å². The van der Waals surface area contributed by atoms with Gasteiger partial charge in [-0.1, -0.05) is 5.16 Å². The van der Waals surface area contributed by atoms with E-state index in [1.165, 1.54) is 6.42 Å². The first kappa shape index (κ1) is 14.8. The van der Waals surface area contributed by atoms with Gasteiger partial charge in [0.25, 0.3) is 0 Å². The summed E-state index contributed by atoms with van der Waals surface area (Å²) in [5.41, 5.74) is 0. The molecule has 1 aromatic heterocycles. The van der Waals surface area contributed by atoms with Gasteiger partial charge in [-0.05, 0) is 33.1 Å². The second-order valence-corrected chi connectivity index (χ2v) is 4.85. The molecule has 20 heavy (non-hydrogen) atoms. The summed E-state index contributed by atoms with van der Waals surface area (Å²) in [5, 5.41) is 6.65. The van der Waals surface area contributed by atoms with Crippen LogP contribution in [0.25, 0.3) is 0 Å². The molecule has 112 valence electrons. The summed E-state index contributed by atoms with van der Waals surface area (Å²) in [6.07, 6.45) is 3.15. The van der Waals surface area contributed by atoms with E-state index in [0.717, 1.165) is 25.9 Å². The van der Waals surface area contributed by atoms with Gasteiger partial charge in [-0.15, -0.1) is 0 Å². The SMILES string of the molecule is CCO[C@@H](C)c1noc(CNC(=O)N2CCCCC2)n1. The number of urea groups is 1. The van der Waals surface area contributed by atoms with Crippen molar-refractivity contribution in [1.82, 2.24) is 20.4 Å². The van der Waals surface area contributed by atoms with E-state index in [2.05, 4.69) is 15.5 Å². The van der Waals surface area contributed by atoms with Crippen molar-refractivity contribution in [2.75, 3.05) is 19.7 Å². The Labute approximate surface area is 118 Å². The quantitative estimate of drug-likeness (QED) is 0.891. The molecule has 2 rings (SSSR count). The van der Waals surface area contributed by atoms with Crippen molar-refractivity contribution in [2.24, 2.45) is 0 Å². The number of rotatable bonds is 5. The summed E-state index contributed by atoms with van der Waals surface area (Å²) in [6.45, 7) is 6.27. The third kappa shape index (κ3) is 3.93. The number of hydrogen-bond donors (Lipinski definition) is 1. The van der Waals surface area contributed by atoms with Gasteiger partial charge in [0, 0.05) is 19.7 Å². The van der Waals surface area contributed by atoms with Gasteiger partial charge in [0.1, 0.15) is 6.10 Å². The molecule has 7 nitrogen and oxygen atoms in total. The van der Waals surface area contributed by atoms with Crippen molar-refractivity contribution in [3.8, 4) is 0 Å². The number of likely N-dealkylation sites (tertiary alicyclic amines) is 1. The van der Waals surface area contributed by atoms with Crippen LogP contribution in [0.4, 0.5) is 4.79 Å². The number of aromatic nitrogens is 2. The Morgan fingerprint density at radius 1 is 1.45 bits per heavy atom. The summed E-state index contributed by atoms with van der Waals surface area (Å²) in [7, 11) is 0. The molecule has 0 aliphatic carbocycles. The lowest BCUT2D eigenvalue weighted by Crippen LogP contribution is -2.42. The number of amides is 2. The topological polar surface area (TPSA) is 80.5 Å². The fourth-order valence-corrected chi connectivity index (χ4v) is 2.19. The molecule has 1 aliphatic heterocycles. The van der Waals surface area contributed by atoms with E-state index in [4.69, 9.17) is 9.26 Å². The maximum Gasteiger partial charge on any atom is 0.317 e. The Morgan fingerprint density at radius 3 is 2.90 bits per heavy atom. The van der Waals surface area contributed by atoms with Crippen molar-refractivity contribution in [2.45, 2.75) is 45.8 Å². The van der Waals surface area contributed by atoms with Crippen molar-refractivity contribution in [1.29, 1.82) is 0 Å². The molecule has 2 heterocycles. The van der Waals surface area contributed by atoms with E-state index < -0.39 is 0 Å². The van der Waals surface area contributed by atoms with E-state index >= 15 is 0 Å². The van der Waals surface area contributed by atoms with Crippen LogP contribution >= 0.6 is 0 Å². The van der Waals surface area contributed by atoms with Gasteiger partial charge in [-0.3, -0.25) is 0 Å². The zero-order chi connectivity index (χ0) is 14.4. The van der Waals surface area contributed by atoms with E-state index in [1.807, 2.05) is 18.7 Å². The molecule has 1 aliphatic rings. The summed E-state index contributed by atoms with van der Waals surface area (Å²) < 4.78 is 10.5. The van der Waals surface area contributed by atoms with Crippen LogP contribution in [0.1, 0.15) is 50.9 Å². The molecule has 2 amide bonds. The van der Waals surface area contributed by atoms with E-state index in [-0.39, 0.29) is 18.7 Å². The first-order valence-corrected chi connectivity index (χ1v) is 7.17. The molecule has 1 fully saturated rings. The number of piperidine rings is 1. The molecule has 0 bridgehead atoms. The summed E-state index contributed by atoms with van der Waals surface area (Å²) >= 11 is 0. The van der Waals surface area contributed by atoms with Crippen LogP contribution in [0, 0.1) is 0 Å². The van der Waals surface area contributed by atoms with Crippen molar-refractivity contribution in [3.05, 3.63) is 11.7 Å². The number of nitrogens with zero attached hydrogens (tertiary/aromatic N) is 3. The minimum Gasteiger partial charge on any atom is -0.371 e. The number of hydrogen-bond acceptors (Lipinski definition) is 5. The molecular formula is C13H22N4O3. The molecule has 1 N–H and O–H groups in total. The lowest BCUT2D eigenvalue weighted by Gasteiger charge is -2.26. The molecule has 0 unspecified atom stereocenters. The first-order chi connectivity index (χ1) is 9.70. The zero-order valence-corrected chi connectivity index (χ0v) is 12.1. The van der Waals surface area contributed by atoms with E-state index in [0.29, 0.717) is 18.3 Å². The average molecular weight is 282 g/mol. The highest BCUT2D eigenvalue weighted by Gasteiger charge is 2.18. The predicted molar refractivity (Wildman–Crippen MR) is 72.0 cm³/mol. The lowest BCUT2D eigenvalue weighted by molar-refractivity contribution is 0.0683. The fourth-order valence-electron chi connectivity index (χ4n) is 2.19. The van der Waals surface area contributed by atoms with Crippen LogP contribution in [0.2, 0.25) is 0 Å². The minimum atomic E-state index is -0.199. The van der Waals surface area contributed by atoms with Crippen LogP contribution in [-0.2, 0) is 11.3 Å². The van der Waals surface area contributed by atoms with Crippen LogP contribution in [0.5, 0.6) is 0 Å². The number of ether oxygens (including phenoxy) is 1. The van der Waals surface area contributed by atoms with Crippen molar-refractivity contribution < 1.29 is 14.1 Å². The van der Waals surface area contributed by atoms with Crippen molar-refractivity contribution >= 4 is 6.03 Å². The standard InChI is InChI=1S/C13H22N4O3/c1-3-19-10(2)12-15-11(20-16-12)9-14-13(18)17-7-5-4-6-8-17/h10H,3-9H2,1-2H3,(H,14,18)/t10-/m0/s1. The zero-order valence-electron chi connectivity index (χ0n) is 12.1. The Morgan fingerprint density at radius 2 is 2.20 bits per heavy atom. The molecule has 1 atom stereocenters. The molecule has 1 saturated heterocycles.